The van der Waals surface area contributed by atoms with Gasteiger partial charge in [0.1, 0.15) is 17.1 Å². The fraction of sp³-hybridized carbons (Fsp3) is 0.381. The van der Waals surface area contributed by atoms with E-state index in [1.165, 1.54) is 11.1 Å². The monoisotopic (exact) mass is 370 g/mol. The summed E-state index contributed by atoms with van der Waals surface area (Å²) in [5.41, 5.74) is 4.31. The van der Waals surface area contributed by atoms with Crippen molar-refractivity contribution in [3.8, 4) is 11.5 Å². The number of thiocarbonyl (C=S) groups is 1. The molecule has 0 aromatic heterocycles. The molecule has 0 unspecified atom stereocenters. The van der Waals surface area contributed by atoms with E-state index in [-0.39, 0.29) is 11.6 Å². The maximum absolute atomic E-state index is 6.14. The predicted octanol–water partition coefficient (Wildman–Crippen LogP) is 4.90. The average molecular weight is 371 g/mol. The van der Waals surface area contributed by atoms with Crippen LogP contribution in [0.25, 0.3) is 0 Å². The molecule has 26 heavy (non-hydrogen) atoms. The Bertz CT molecular complexity index is 833. The van der Waals surface area contributed by atoms with Crippen LogP contribution in [0, 0.1) is 13.8 Å². The molecule has 2 aromatic carbocycles. The molecule has 0 saturated heterocycles. The van der Waals surface area contributed by atoms with E-state index < -0.39 is 0 Å². The molecule has 1 atom stereocenters. The van der Waals surface area contributed by atoms with E-state index in [9.17, 15) is 0 Å². The molecule has 1 aliphatic rings. The highest BCUT2D eigenvalue weighted by molar-refractivity contribution is 7.80. The molecule has 5 heteroatoms. The fourth-order valence-corrected chi connectivity index (χ4v) is 3.49. The summed E-state index contributed by atoms with van der Waals surface area (Å²) in [5.74, 6) is 1.63. The Morgan fingerprint density at radius 2 is 1.92 bits per heavy atom. The van der Waals surface area contributed by atoms with Gasteiger partial charge < -0.3 is 20.1 Å². The number of rotatable bonds is 3. The first-order valence-corrected chi connectivity index (χ1v) is 9.20. The molecule has 0 amide bonds. The van der Waals surface area contributed by atoms with Crippen molar-refractivity contribution >= 4 is 23.0 Å². The number of hydrogen-bond acceptors (Lipinski definition) is 3. The zero-order valence-corrected chi connectivity index (χ0v) is 16.8. The molecule has 1 heterocycles. The smallest absolute Gasteiger partial charge is 0.171 e. The largest absolute Gasteiger partial charge is 0.497 e. The Kier molecular flexibility index (Phi) is 5.10. The maximum atomic E-state index is 6.14. The number of benzene rings is 2. The molecule has 4 nitrogen and oxygen atoms in total. The first-order chi connectivity index (χ1) is 12.3. The first kappa shape index (κ1) is 18.5. The van der Waals surface area contributed by atoms with Crippen molar-refractivity contribution < 1.29 is 9.47 Å². The number of methoxy groups -OCH3 is 1. The van der Waals surface area contributed by atoms with Crippen LogP contribution in [0.4, 0.5) is 5.69 Å². The quantitative estimate of drug-likeness (QED) is 0.752. The van der Waals surface area contributed by atoms with Gasteiger partial charge >= 0.3 is 0 Å². The minimum absolute atomic E-state index is 0.0752. The van der Waals surface area contributed by atoms with Crippen molar-refractivity contribution in [2.24, 2.45) is 0 Å². The molecule has 2 N–H and O–H groups in total. The van der Waals surface area contributed by atoms with Gasteiger partial charge in [-0.25, -0.2) is 0 Å². The third kappa shape index (κ3) is 4.10. The van der Waals surface area contributed by atoms with Crippen molar-refractivity contribution in [1.82, 2.24) is 5.32 Å². The van der Waals surface area contributed by atoms with Crippen molar-refractivity contribution in [2.45, 2.75) is 45.8 Å². The summed E-state index contributed by atoms with van der Waals surface area (Å²) in [6.07, 6.45) is 0.821. The van der Waals surface area contributed by atoms with E-state index in [0.29, 0.717) is 5.11 Å². The van der Waals surface area contributed by atoms with Crippen molar-refractivity contribution in [3.63, 3.8) is 0 Å². The Balaban J connectivity index is 1.78. The maximum Gasteiger partial charge on any atom is 0.171 e. The molecule has 138 valence electrons. The van der Waals surface area contributed by atoms with Crippen molar-refractivity contribution in [3.05, 3.63) is 53.1 Å². The van der Waals surface area contributed by atoms with Gasteiger partial charge in [0, 0.05) is 23.7 Å². The van der Waals surface area contributed by atoms with Gasteiger partial charge in [-0.15, -0.1) is 0 Å². The molecule has 0 radical (unpaired) electrons. The third-order valence-corrected chi connectivity index (χ3v) is 4.97. The summed E-state index contributed by atoms with van der Waals surface area (Å²) in [6, 6.07) is 12.3. The molecular formula is C21H26N2O2S. The van der Waals surface area contributed by atoms with Crippen molar-refractivity contribution in [1.29, 1.82) is 0 Å². The minimum Gasteiger partial charge on any atom is -0.497 e. The van der Waals surface area contributed by atoms with Gasteiger partial charge in [-0.2, -0.15) is 0 Å². The van der Waals surface area contributed by atoms with Crippen LogP contribution in [0.5, 0.6) is 11.5 Å². The summed E-state index contributed by atoms with van der Waals surface area (Å²) in [7, 11) is 1.66. The topological polar surface area (TPSA) is 42.5 Å². The molecule has 0 bridgehead atoms. The summed E-state index contributed by atoms with van der Waals surface area (Å²) in [6.45, 7) is 8.38. The molecule has 2 aromatic rings. The van der Waals surface area contributed by atoms with Gasteiger partial charge in [0.15, 0.2) is 5.11 Å². The van der Waals surface area contributed by atoms with Crippen LogP contribution in [0.3, 0.4) is 0 Å². The van der Waals surface area contributed by atoms with E-state index in [4.69, 9.17) is 21.7 Å². The number of nitrogens with one attached hydrogen (secondary N) is 2. The fourth-order valence-electron chi connectivity index (χ4n) is 3.23. The second kappa shape index (κ2) is 7.16. The molecular weight excluding hydrogens is 344 g/mol. The van der Waals surface area contributed by atoms with E-state index >= 15 is 0 Å². The number of fused-ring (bicyclic) bond motifs is 1. The lowest BCUT2D eigenvalue weighted by Gasteiger charge is -2.38. The normalized spacial score (nSPS) is 17.7. The predicted molar refractivity (Wildman–Crippen MR) is 110 cm³/mol. The lowest BCUT2D eigenvalue weighted by molar-refractivity contribution is 0.0693. The highest BCUT2D eigenvalue weighted by Crippen LogP contribution is 2.41. The Morgan fingerprint density at radius 3 is 2.62 bits per heavy atom. The number of hydrogen-bond donors (Lipinski definition) is 2. The van der Waals surface area contributed by atoms with Crippen LogP contribution in [0.2, 0.25) is 0 Å². The molecule has 3 rings (SSSR count). The van der Waals surface area contributed by atoms with Gasteiger partial charge in [-0.3, -0.25) is 0 Å². The van der Waals surface area contributed by atoms with E-state index in [1.54, 1.807) is 7.11 Å². The Hall–Kier alpha value is -2.27. The Morgan fingerprint density at radius 1 is 1.15 bits per heavy atom. The number of ether oxygens (including phenoxy) is 2. The molecule has 1 aliphatic heterocycles. The lowest BCUT2D eigenvalue weighted by Crippen LogP contribution is -2.42. The minimum atomic E-state index is -0.285. The Labute approximate surface area is 160 Å². The van der Waals surface area contributed by atoms with Gasteiger partial charge in [0.2, 0.25) is 0 Å². The zero-order chi connectivity index (χ0) is 18.9. The van der Waals surface area contributed by atoms with E-state index in [2.05, 4.69) is 50.5 Å². The van der Waals surface area contributed by atoms with Crippen LogP contribution >= 0.6 is 12.2 Å². The second-order valence-corrected chi connectivity index (χ2v) is 7.83. The SMILES string of the molecule is COc1ccc2c(c1)OC(C)(C)C[C@H]2NC(=S)Nc1ccc(C)c(C)c1. The van der Waals surface area contributed by atoms with Gasteiger partial charge in [0.05, 0.1) is 13.2 Å². The van der Waals surface area contributed by atoms with Crippen LogP contribution in [-0.2, 0) is 0 Å². The van der Waals surface area contributed by atoms with Crippen LogP contribution in [0.15, 0.2) is 36.4 Å². The number of anilines is 1. The summed E-state index contributed by atoms with van der Waals surface area (Å²) < 4.78 is 11.5. The summed E-state index contributed by atoms with van der Waals surface area (Å²) in [4.78, 5) is 0. The lowest BCUT2D eigenvalue weighted by atomic mass is 9.89. The van der Waals surface area contributed by atoms with Crippen molar-refractivity contribution in [2.75, 3.05) is 12.4 Å². The summed E-state index contributed by atoms with van der Waals surface area (Å²) in [5, 5.41) is 7.35. The number of aryl methyl sites for hydroxylation is 2. The van der Waals surface area contributed by atoms with Gasteiger partial charge in [-0.1, -0.05) is 6.07 Å². The second-order valence-electron chi connectivity index (χ2n) is 7.42. The van der Waals surface area contributed by atoms with Crippen LogP contribution < -0.4 is 20.1 Å². The summed E-state index contributed by atoms with van der Waals surface area (Å²) >= 11 is 5.56. The standard InChI is InChI=1S/C21H26N2O2S/c1-13-6-7-15(10-14(13)2)22-20(26)23-18-12-21(3,4)25-19-11-16(24-5)8-9-17(18)19/h6-11,18H,12H2,1-5H3,(H2,22,23,26)/t18-/m1/s1. The van der Waals surface area contributed by atoms with E-state index in [0.717, 1.165) is 29.2 Å². The molecule has 0 spiro atoms. The highest BCUT2D eigenvalue weighted by Gasteiger charge is 2.34. The molecule has 0 fully saturated rings. The van der Waals surface area contributed by atoms with Gasteiger partial charge in [-0.05, 0) is 75.3 Å². The van der Waals surface area contributed by atoms with Gasteiger partial charge in [0.25, 0.3) is 0 Å². The molecule has 0 aliphatic carbocycles. The zero-order valence-electron chi connectivity index (χ0n) is 16.0. The third-order valence-electron chi connectivity index (χ3n) is 4.75. The van der Waals surface area contributed by atoms with E-state index in [1.807, 2.05) is 24.3 Å². The highest BCUT2D eigenvalue weighted by atomic mass is 32.1. The first-order valence-electron chi connectivity index (χ1n) is 8.79. The van der Waals surface area contributed by atoms with Crippen LogP contribution in [0.1, 0.15) is 43.0 Å². The average Bonchev–Trinajstić information content (AvgIpc) is 2.56. The van der Waals surface area contributed by atoms with Crippen LogP contribution in [-0.4, -0.2) is 17.8 Å². The molecule has 0 saturated carbocycles.